The zero-order valence-electron chi connectivity index (χ0n) is 12.8. The molecule has 0 amide bonds. The Morgan fingerprint density at radius 2 is 1.25 bits per heavy atom. The normalized spacial score (nSPS) is 10.3. The lowest BCUT2D eigenvalue weighted by Crippen LogP contribution is -2.00. The number of benzene rings is 2. The molecule has 0 atom stereocenters. The molecule has 0 aliphatic heterocycles. The summed E-state index contributed by atoms with van der Waals surface area (Å²) >= 11 is 0. The number of fused-ring (bicyclic) bond motifs is 3. The lowest BCUT2D eigenvalue weighted by molar-refractivity contribution is 0.866. The second-order valence-electron chi connectivity index (χ2n) is 5.49. The van der Waals surface area contributed by atoms with E-state index in [0.717, 1.165) is 29.0 Å². The van der Waals surface area contributed by atoms with Gasteiger partial charge < -0.3 is 16.0 Å². The molecule has 4 rings (SSSR count). The summed E-state index contributed by atoms with van der Waals surface area (Å²) in [5, 5.41) is 2.39. The minimum absolute atomic E-state index is 0. The van der Waals surface area contributed by atoms with Crippen molar-refractivity contribution in [1.29, 1.82) is 0 Å². The fourth-order valence-electron chi connectivity index (χ4n) is 2.97. The summed E-state index contributed by atoms with van der Waals surface area (Å²) in [5.74, 6) is 0. The number of anilines is 2. The summed E-state index contributed by atoms with van der Waals surface area (Å²) in [7, 11) is 0. The van der Waals surface area contributed by atoms with Crippen LogP contribution in [-0.2, 0) is 6.54 Å². The van der Waals surface area contributed by atoms with Crippen molar-refractivity contribution < 1.29 is 0 Å². The maximum atomic E-state index is 5.99. The van der Waals surface area contributed by atoms with Gasteiger partial charge in [0.15, 0.2) is 0 Å². The highest BCUT2D eigenvalue weighted by Gasteiger charge is 2.11. The summed E-state index contributed by atoms with van der Waals surface area (Å²) in [5.41, 5.74) is 16.9. The molecule has 0 aliphatic rings. The fourth-order valence-corrected chi connectivity index (χ4v) is 2.97. The van der Waals surface area contributed by atoms with Crippen molar-refractivity contribution in [3.8, 4) is 0 Å². The summed E-state index contributed by atoms with van der Waals surface area (Å²) in [6, 6.07) is 16.1. The van der Waals surface area contributed by atoms with Crippen molar-refractivity contribution in [1.82, 2.24) is 9.55 Å². The lowest BCUT2D eigenvalue weighted by Gasteiger charge is -2.08. The van der Waals surface area contributed by atoms with Crippen molar-refractivity contribution >= 4 is 58.0 Å². The topological polar surface area (TPSA) is 69.9 Å². The Balaban J connectivity index is 0.00000104. The first-order chi connectivity index (χ1) is 10.7. The molecular formula is C18H18Cl2N4. The predicted molar refractivity (Wildman–Crippen MR) is 106 cm³/mol. The van der Waals surface area contributed by atoms with Gasteiger partial charge in [-0.3, -0.25) is 4.98 Å². The van der Waals surface area contributed by atoms with Crippen molar-refractivity contribution in [3.05, 3.63) is 66.5 Å². The lowest BCUT2D eigenvalue weighted by atomic mass is 10.1. The number of hydrogen-bond donors (Lipinski definition) is 2. The Hall–Kier alpha value is -2.43. The van der Waals surface area contributed by atoms with Gasteiger partial charge in [0.1, 0.15) is 0 Å². The maximum absolute atomic E-state index is 5.99. The van der Waals surface area contributed by atoms with Gasteiger partial charge >= 0.3 is 0 Å². The van der Waals surface area contributed by atoms with Crippen molar-refractivity contribution in [2.45, 2.75) is 6.54 Å². The number of pyridine rings is 1. The molecule has 0 saturated carbocycles. The Bertz CT molecular complexity index is 921. The highest BCUT2D eigenvalue weighted by atomic mass is 35.5. The minimum Gasteiger partial charge on any atom is -0.399 e. The SMILES string of the molecule is Cl.Cl.Nc1ccc2c3ccc(N)cc3n(Cc3ccncc3)c2c1. The number of nitrogens with two attached hydrogens (primary N) is 2. The molecule has 0 spiro atoms. The molecule has 0 saturated heterocycles. The van der Waals surface area contributed by atoms with Crippen molar-refractivity contribution in [2.75, 3.05) is 11.5 Å². The first-order valence-electron chi connectivity index (χ1n) is 7.18. The summed E-state index contributed by atoms with van der Waals surface area (Å²) < 4.78 is 2.26. The first kappa shape index (κ1) is 17.9. The molecule has 124 valence electrons. The van der Waals surface area contributed by atoms with E-state index in [-0.39, 0.29) is 24.8 Å². The molecule has 0 radical (unpaired) electrons. The number of hydrogen-bond acceptors (Lipinski definition) is 3. The van der Waals surface area contributed by atoms with Crippen molar-refractivity contribution in [3.63, 3.8) is 0 Å². The standard InChI is InChI=1S/C18H16N4.2ClH/c19-13-1-3-15-16-4-2-14(20)10-18(16)22(17(15)9-13)11-12-5-7-21-8-6-12;;/h1-10H,11,19-20H2;2*1H. The van der Waals surface area contributed by atoms with E-state index in [4.69, 9.17) is 11.5 Å². The molecule has 24 heavy (non-hydrogen) atoms. The molecule has 6 heteroatoms. The molecule has 4 nitrogen and oxygen atoms in total. The summed E-state index contributed by atoms with van der Waals surface area (Å²) in [6.07, 6.45) is 3.62. The second kappa shape index (κ2) is 6.99. The molecule has 4 N–H and O–H groups in total. The van der Waals surface area contributed by atoms with Crippen LogP contribution in [-0.4, -0.2) is 9.55 Å². The number of rotatable bonds is 2. The molecule has 0 fully saturated rings. The largest absolute Gasteiger partial charge is 0.399 e. The zero-order chi connectivity index (χ0) is 15.1. The number of halogens is 2. The van der Waals surface area contributed by atoms with E-state index < -0.39 is 0 Å². The highest BCUT2D eigenvalue weighted by Crippen LogP contribution is 2.32. The third-order valence-corrected chi connectivity index (χ3v) is 4.01. The van der Waals surface area contributed by atoms with Crippen LogP contribution in [0.3, 0.4) is 0 Å². The van der Waals surface area contributed by atoms with E-state index in [9.17, 15) is 0 Å². The third-order valence-electron chi connectivity index (χ3n) is 4.01. The van der Waals surface area contributed by atoms with Gasteiger partial charge in [0.2, 0.25) is 0 Å². The molecular weight excluding hydrogens is 343 g/mol. The van der Waals surface area contributed by atoms with Gasteiger partial charge in [-0.25, -0.2) is 0 Å². The molecule has 0 unspecified atom stereocenters. The van der Waals surface area contributed by atoms with E-state index >= 15 is 0 Å². The third kappa shape index (κ3) is 2.98. The van der Waals surface area contributed by atoms with Crippen LogP contribution in [0.2, 0.25) is 0 Å². The maximum Gasteiger partial charge on any atom is 0.0515 e. The Kier molecular flexibility index (Phi) is 5.22. The van der Waals surface area contributed by atoms with Crippen LogP contribution in [0.1, 0.15) is 5.56 Å². The van der Waals surface area contributed by atoms with Crippen molar-refractivity contribution in [2.24, 2.45) is 0 Å². The molecule has 0 bridgehead atoms. The van der Waals surface area contributed by atoms with E-state index in [2.05, 4.69) is 21.7 Å². The minimum atomic E-state index is 0. The van der Waals surface area contributed by atoms with Crippen LogP contribution in [0.15, 0.2) is 60.9 Å². The number of aromatic nitrogens is 2. The molecule has 2 aromatic carbocycles. The fraction of sp³-hybridized carbons (Fsp3) is 0.0556. The van der Waals surface area contributed by atoms with Gasteiger partial charge in [-0.1, -0.05) is 12.1 Å². The summed E-state index contributed by atoms with van der Waals surface area (Å²) in [4.78, 5) is 4.08. The van der Waals surface area contributed by atoms with Gasteiger partial charge in [-0.2, -0.15) is 0 Å². The molecule has 0 aliphatic carbocycles. The van der Waals surface area contributed by atoms with Crippen LogP contribution in [0.5, 0.6) is 0 Å². The van der Waals surface area contributed by atoms with Crippen LogP contribution >= 0.6 is 24.8 Å². The predicted octanol–water partition coefficient (Wildman–Crippen LogP) is 4.25. The molecule has 4 aromatic rings. The highest BCUT2D eigenvalue weighted by molar-refractivity contribution is 6.09. The second-order valence-corrected chi connectivity index (χ2v) is 5.49. The Morgan fingerprint density at radius 1 is 0.750 bits per heavy atom. The van der Waals surface area contributed by atoms with Gasteiger partial charge in [-0.15, -0.1) is 24.8 Å². The monoisotopic (exact) mass is 360 g/mol. The van der Waals surface area contributed by atoms with Gasteiger partial charge in [-0.05, 0) is 42.0 Å². The molecule has 2 aromatic heterocycles. The Labute approximate surface area is 152 Å². The average molecular weight is 361 g/mol. The van der Waals surface area contributed by atoms with E-state index in [0.29, 0.717) is 0 Å². The zero-order valence-corrected chi connectivity index (χ0v) is 14.5. The summed E-state index contributed by atoms with van der Waals surface area (Å²) in [6.45, 7) is 0.759. The van der Waals surface area contributed by atoms with E-state index in [1.165, 1.54) is 16.3 Å². The number of nitrogens with zero attached hydrogens (tertiary/aromatic N) is 2. The van der Waals surface area contributed by atoms with Crippen LogP contribution in [0.25, 0.3) is 21.8 Å². The van der Waals surface area contributed by atoms with Gasteiger partial charge in [0, 0.05) is 41.1 Å². The average Bonchev–Trinajstić information content (AvgIpc) is 2.81. The number of nitrogen functional groups attached to an aromatic ring is 2. The van der Waals surface area contributed by atoms with Gasteiger partial charge in [0.25, 0.3) is 0 Å². The quantitative estimate of drug-likeness (QED) is 0.525. The van der Waals surface area contributed by atoms with Gasteiger partial charge in [0.05, 0.1) is 11.0 Å². The van der Waals surface area contributed by atoms with E-state index in [1.807, 2.05) is 48.8 Å². The smallest absolute Gasteiger partial charge is 0.0515 e. The first-order valence-corrected chi connectivity index (χ1v) is 7.18. The van der Waals surface area contributed by atoms with Crippen LogP contribution in [0.4, 0.5) is 11.4 Å². The molecule has 2 heterocycles. The van der Waals surface area contributed by atoms with Crippen LogP contribution < -0.4 is 11.5 Å². The van der Waals surface area contributed by atoms with Crippen LogP contribution in [0, 0.1) is 0 Å². The van der Waals surface area contributed by atoms with E-state index in [1.54, 1.807) is 0 Å². The Morgan fingerprint density at radius 3 is 1.75 bits per heavy atom.